The molecule has 5 nitrogen and oxygen atoms in total. The molecule has 0 amide bonds. The summed E-state index contributed by atoms with van der Waals surface area (Å²) in [6.45, 7) is 0.301. The summed E-state index contributed by atoms with van der Waals surface area (Å²) in [5, 5.41) is 22.9. The van der Waals surface area contributed by atoms with E-state index in [1.807, 2.05) is 6.07 Å². The van der Waals surface area contributed by atoms with E-state index in [1.165, 1.54) is 6.07 Å². The number of nitrogens with zero attached hydrogens (tertiary/aromatic N) is 2. The molecule has 0 atom stereocenters. The fraction of sp³-hybridized carbons (Fsp3) is 0.0714. The van der Waals surface area contributed by atoms with Crippen LogP contribution in [-0.4, -0.2) is 4.92 Å². The molecule has 2 rings (SSSR count). The Hall–Kier alpha value is -2.87. The zero-order valence-electron chi connectivity index (χ0n) is 10.0. The Morgan fingerprint density at radius 1 is 1.16 bits per heavy atom. The Bertz CT molecular complexity index is 647. The van der Waals surface area contributed by atoms with Crippen molar-refractivity contribution in [2.75, 3.05) is 5.32 Å². The Kier molecular flexibility index (Phi) is 3.74. The van der Waals surface area contributed by atoms with Gasteiger partial charge in [-0.2, -0.15) is 5.26 Å². The maximum absolute atomic E-state index is 10.9. The fourth-order valence-corrected chi connectivity index (χ4v) is 1.76. The van der Waals surface area contributed by atoms with E-state index in [0.29, 0.717) is 23.4 Å². The summed E-state index contributed by atoms with van der Waals surface area (Å²) >= 11 is 0. The number of nitriles is 1. The highest BCUT2D eigenvalue weighted by molar-refractivity contribution is 5.57. The van der Waals surface area contributed by atoms with Crippen LogP contribution in [-0.2, 0) is 6.54 Å². The largest absolute Gasteiger partial charge is 0.380 e. The Morgan fingerprint density at radius 3 is 2.58 bits per heavy atom. The standard InChI is InChI=1S/C14H11N3O2/c15-9-11-5-1-3-7-13(11)16-10-12-6-2-4-8-14(12)17(18)19/h1-8,16H,10H2. The first-order chi connectivity index (χ1) is 9.22. The third kappa shape index (κ3) is 2.87. The van der Waals surface area contributed by atoms with E-state index in [9.17, 15) is 10.1 Å². The molecule has 0 heterocycles. The molecule has 0 aliphatic heterocycles. The molecule has 2 aromatic carbocycles. The lowest BCUT2D eigenvalue weighted by Gasteiger charge is -2.08. The number of nitrogens with one attached hydrogen (secondary N) is 1. The molecule has 0 aliphatic rings. The third-order valence-electron chi connectivity index (χ3n) is 2.71. The van der Waals surface area contributed by atoms with Gasteiger partial charge in [0.1, 0.15) is 6.07 Å². The molecule has 0 saturated heterocycles. The van der Waals surface area contributed by atoms with Gasteiger partial charge in [-0.3, -0.25) is 10.1 Å². The van der Waals surface area contributed by atoms with Gasteiger partial charge in [0.2, 0.25) is 0 Å². The summed E-state index contributed by atoms with van der Waals surface area (Å²) in [7, 11) is 0. The van der Waals surface area contributed by atoms with Gasteiger partial charge in [0.15, 0.2) is 0 Å². The second-order valence-electron chi connectivity index (χ2n) is 3.90. The summed E-state index contributed by atoms with van der Waals surface area (Å²) in [4.78, 5) is 10.5. The van der Waals surface area contributed by atoms with Crippen molar-refractivity contribution in [3.05, 3.63) is 69.8 Å². The molecule has 19 heavy (non-hydrogen) atoms. The molecule has 0 spiro atoms. The molecule has 0 bridgehead atoms. The lowest BCUT2D eigenvalue weighted by Crippen LogP contribution is -2.04. The van der Waals surface area contributed by atoms with Crippen LogP contribution in [0.1, 0.15) is 11.1 Å². The van der Waals surface area contributed by atoms with Crippen LogP contribution in [0, 0.1) is 21.4 Å². The number of para-hydroxylation sites is 2. The first kappa shape index (κ1) is 12.6. The lowest BCUT2D eigenvalue weighted by molar-refractivity contribution is -0.385. The van der Waals surface area contributed by atoms with Gasteiger partial charge in [0.05, 0.1) is 16.2 Å². The summed E-state index contributed by atoms with van der Waals surface area (Å²) in [5.41, 5.74) is 1.84. The van der Waals surface area contributed by atoms with Gasteiger partial charge >= 0.3 is 0 Å². The average molecular weight is 253 g/mol. The van der Waals surface area contributed by atoms with Crippen molar-refractivity contribution in [1.29, 1.82) is 5.26 Å². The number of anilines is 1. The zero-order chi connectivity index (χ0) is 13.7. The van der Waals surface area contributed by atoms with Gasteiger partial charge in [-0.05, 0) is 12.1 Å². The number of nitro groups is 1. The van der Waals surface area contributed by atoms with Gasteiger partial charge in [-0.1, -0.05) is 30.3 Å². The van der Waals surface area contributed by atoms with Crippen molar-refractivity contribution in [2.45, 2.75) is 6.54 Å². The van der Waals surface area contributed by atoms with Gasteiger partial charge in [0, 0.05) is 18.2 Å². The van der Waals surface area contributed by atoms with Gasteiger partial charge in [-0.25, -0.2) is 0 Å². The predicted molar refractivity (Wildman–Crippen MR) is 71.6 cm³/mol. The van der Waals surface area contributed by atoms with E-state index in [-0.39, 0.29) is 5.69 Å². The molecule has 0 aliphatic carbocycles. The van der Waals surface area contributed by atoms with Crippen LogP contribution < -0.4 is 5.32 Å². The molecule has 0 saturated carbocycles. The minimum absolute atomic E-state index is 0.0736. The summed E-state index contributed by atoms with van der Waals surface area (Å²) in [6, 6.07) is 15.7. The van der Waals surface area contributed by atoms with Crippen LogP contribution in [0.5, 0.6) is 0 Å². The molecule has 0 fully saturated rings. The SMILES string of the molecule is N#Cc1ccccc1NCc1ccccc1[N+](=O)[O-]. The smallest absolute Gasteiger partial charge is 0.274 e. The normalized spacial score (nSPS) is 9.63. The highest BCUT2D eigenvalue weighted by Crippen LogP contribution is 2.20. The van der Waals surface area contributed by atoms with Gasteiger partial charge in [-0.15, -0.1) is 0 Å². The minimum Gasteiger partial charge on any atom is -0.380 e. The fourth-order valence-electron chi connectivity index (χ4n) is 1.76. The number of rotatable bonds is 4. The Balaban J connectivity index is 2.20. The monoisotopic (exact) mass is 253 g/mol. The maximum Gasteiger partial charge on any atom is 0.274 e. The van der Waals surface area contributed by atoms with Crippen molar-refractivity contribution in [1.82, 2.24) is 0 Å². The maximum atomic E-state index is 10.9. The third-order valence-corrected chi connectivity index (χ3v) is 2.71. The first-order valence-corrected chi connectivity index (χ1v) is 5.67. The van der Waals surface area contributed by atoms with Crippen molar-refractivity contribution < 1.29 is 4.92 Å². The number of hydrogen-bond acceptors (Lipinski definition) is 4. The molecule has 94 valence electrons. The summed E-state index contributed by atoms with van der Waals surface area (Å²) in [6.07, 6.45) is 0. The topological polar surface area (TPSA) is 79.0 Å². The van der Waals surface area contributed by atoms with Crippen LogP contribution in [0.2, 0.25) is 0 Å². The second-order valence-corrected chi connectivity index (χ2v) is 3.90. The van der Waals surface area contributed by atoms with Crippen LogP contribution in [0.15, 0.2) is 48.5 Å². The molecule has 2 aromatic rings. The predicted octanol–water partition coefficient (Wildman–Crippen LogP) is 3.08. The average Bonchev–Trinajstić information content (AvgIpc) is 2.45. The van der Waals surface area contributed by atoms with Crippen molar-refractivity contribution in [3.63, 3.8) is 0 Å². The van der Waals surface area contributed by atoms with Crippen molar-refractivity contribution in [3.8, 4) is 6.07 Å². The van der Waals surface area contributed by atoms with E-state index in [0.717, 1.165) is 0 Å². The Morgan fingerprint density at radius 2 is 1.84 bits per heavy atom. The van der Waals surface area contributed by atoms with Crippen molar-refractivity contribution >= 4 is 11.4 Å². The number of benzene rings is 2. The van der Waals surface area contributed by atoms with Crippen LogP contribution in [0.25, 0.3) is 0 Å². The molecular formula is C14H11N3O2. The van der Waals surface area contributed by atoms with E-state index in [1.54, 1.807) is 36.4 Å². The Labute approximate surface area is 110 Å². The minimum atomic E-state index is -0.410. The van der Waals surface area contributed by atoms with E-state index >= 15 is 0 Å². The van der Waals surface area contributed by atoms with Crippen LogP contribution in [0.4, 0.5) is 11.4 Å². The van der Waals surface area contributed by atoms with E-state index < -0.39 is 4.92 Å². The van der Waals surface area contributed by atoms with Crippen molar-refractivity contribution in [2.24, 2.45) is 0 Å². The number of nitro benzene ring substituents is 1. The molecule has 0 aromatic heterocycles. The molecule has 0 unspecified atom stereocenters. The second kappa shape index (κ2) is 5.65. The van der Waals surface area contributed by atoms with Gasteiger partial charge in [0.25, 0.3) is 5.69 Å². The summed E-state index contributed by atoms with van der Waals surface area (Å²) in [5.74, 6) is 0. The molecule has 5 heteroatoms. The highest BCUT2D eigenvalue weighted by Gasteiger charge is 2.12. The number of hydrogen-bond donors (Lipinski definition) is 1. The van der Waals surface area contributed by atoms with Crippen LogP contribution >= 0.6 is 0 Å². The summed E-state index contributed by atoms with van der Waals surface area (Å²) < 4.78 is 0. The molecule has 0 radical (unpaired) electrons. The van der Waals surface area contributed by atoms with E-state index in [2.05, 4.69) is 11.4 Å². The lowest BCUT2D eigenvalue weighted by atomic mass is 10.1. The first-order valence-electron chi connectivity index (χ1n) is 5.67. The zero-order valence-corrected chi connectivity index (χ0v) is 10.0. The highest BCUT2D eigenvalue weighted by atomic mass is 16.6. The van der Waals surface area contributed by atoms with Gasteiger partial charge < -0.3 is 5.32 Å². The van der Waals surface area contributed by atoms with E-state index in [4.69, 9.17) is 5.26 Å². The molecular weight excluding hydrogens is 242 g/mol. The molecule has 1 N–H and O–H groups in total. The quantitative estimate of drug-likeness (QED) is 0.670. The van der Waals surface area contributed by atoms with Crippen LogP contribution in [0.3, 0.4) is 0 Å².